The quantitative estimate of drug-likeness (QED) is 0.714. The molecule has 7 heteroatoms. The van der Waals surface area contributed by atoms with Crippen molar-refractivity contribution in [3.63, 3.8) is 0 Å². The van der Waals surface area contributed by atoms with Crippen LogP contribution in [0.2, 0.25) is 15.1 Å². The molecular weight excluding hydrogens is 345 g/mol. The van der Waals surface area contributed by atoms with E-state index in [9.17, 15) is 4.79 Å². The lowest BCUT2D eigenvalue weighted by atomic mass is 10.3. The van der Waals surface area contributed by atoms with Crippen LogP contribution in [0.4, 0.5) is 5.69 Å². The van der Waals surface area contributed by atoms with Crippen molar-refractivity contribution in [1.82, 2.24) is 9.38 Å². The number of benzene rings is 1. The molecule has 0 bridgehead atoms. The summed E-state index contributed by atoms with van der Waals surface area (Å²) in [5.74, 6) is -0.300. The summed E-state index contributed by atoms with van der Waals surface area (Å²) in [6.45, 7) is 1.76. The van der Waals surface area contributed by atoms with Crippen LogP contribution in [0.3, 0.4) is 0 Å². The number of carbonyl (C=O) groups is 1. The third-order valence-electron chi connectivity index (χ3n) is 3.10. The van der Waals surface area contributed by atoms with Crippen molar-refractivity contribution in [2.24, 2.45) is 0 Å². The number of halogens is 3. The van der Waals surface area contributed by atoms with E-state index < -0.39 is 0 Å². The number of pyridine rings is 1. The minimum atomic E-state index is -0.300. The molecular formula is C15H10Cl3N3O. The molecule has 1 N–H and O–H groups in total. The Bertz CT molecular complexity index is 869. The van der Waals surface area contributed by atoms with E-state index in [1.54, 1.807) is 47.9 Å². The van der Waals surface area contributed by atoms with Gasteiger partial charge in [-0.05, 0) is 31.2 Å². The van der Waals surface area contributed by atoms with Gasteiger partial charge >= 0.3 is 0 Å². The second-order valence-corrected chi connectivity index (χ2v) is 6.04. The number of hydrogen-bond donors (Lipinski definition) is 1. The Hall–Kier alpha value is -1.75. The summed E-state index contributed by atoms with van der Waals surface area (Å²) in [6, 6.07) is 8.24. The summed E-state index contributed by atoms with van der Waals surface area (Å²) in [7, 11) is 0. The number of nitrogens with one attached hydrogen (secondary N) is 1. The smallest absolute Gasteiger partial charge is 0.274 e. The maximum absolute atomic E-state index is 12.5. The lowest BCUT2D eigenvalue weighted by molar-refractivity contribution is 0.102. The van der Waals surface area contributed by atoms with E-state index in [1.165, 1.54) is 0 Å². The molecule has 22 heavy (non-hydrogen) atoms. The van der Waals surface area contributed by atoms with Gasteiger partial charge in [0.25, 0.3) is 5.91 Å². The first-order valence-electron chi connectivity index (χ1n) is 6.36. The fourth-order valence-electron chi connectivity index (χ4n) is 2.23. The molecule has 112 valence electrons. The van der Waals surface area contributed by atoms with E-state index in [2.05, 4.69) is 10.3 Å². The first-order valence-corrected chi connectivity index (χ1v) is 7.49. The Morgan fingerprint density at radius 1 is 1.09 bits per heavy atom. The first kappa shape index (κ1) is 15.2. The molecule has 3 rings (SSSR count). The summed E-state index contributed by atoms with van der Waals surface area (Å²) >= 11 is 17.8. The molecule has 0 atom stereocenters. The van der Waals surface area contributed by atoms with E-state index in [0.717, 1.165) is 0 Å². The van der Waals surface area contributed by atoms with Crippen LogP contribution in [0.15, 0.2) is 36.5 Å². The van der Waals surface area contributed by atoms with Gasteiger partial charge in [0.1, 0.15) is 11.3 Å². The third kappa shape index (κ3) is 2.90. The first-order chi connectivity index (χ1) is 10.4. The van der Waals surface area contributed by atoms with Crippen LogP contribution in [-0.2, 0) is 0 Å². The van der Waals surface area contributed by atoms with E-state index in [1.807, 2.05) is 0 Å². The molecule has 2 aromatic heterocycles. The molecule has 0 aliphatic rings. The van der Waals surface area contributed by atoms with Crippen molar-refractivity contribution in [3.05, 3.63) is 63.0 Å². The lowest BCUT2D eigenvalue weighted by Crippen LogP contribution is -2.15. The second-order valence-electron chi connectivity index (χ2n) is 4.73. The number of aryl methyl sites for hydroxylation is 1. The number of hydrogen-bond acceptors (Lipinski definition) is 2. The van der Waals surface area contributed by atoms with Gasteiger partial charge in [-0.2, -0.15) is 0 Å². The number of anilines is 1. The SMILES string of the molecule is Cc1nc2cc(Cl)ccn2c1C(=O)Nc1cc(Cl)cc(Cl)c1. The van der Waals surface area contributed by atoms with Crippen molar-refractivity contribution in [3.8, 4) is 0 Å². The Morgan fingerprint density at radius 2 is 1.77 bits per heavy atom. The van der Waals surface area contributed by atoms with Gasteiger partial charge in [-0.25, -0.2) is 4.98 Å². The van der Waals surface area contributed by atoms with Gasteiger partial charge in [0.2, 0.25) is 0 Å². The molecule has 4 nitrogen and oxygen atoms in total. The molecule has 0 spiro atoms. The number of carbonyl (C=O) groups excluding carboxylic acids is 1. The Balaban J connectivity index is 2.00. The molecule has 0 fully saturated rings. The molecule has 0 radical (unpaired) electrons. The van der Waals surface area contributed by atoms with Crippen molar-refractivity contribution in [2.75, 3.05) is 5.32 Å². The zero-order chi connectivity index (χ0) is 15.9. The zero-order valence-corrected chi connectivity index (χ0v) is 13.7. The molecule has 2 heterocycles. The van der Waals surface area contributed by atoms with Gasteiger partial charge in [0, 0.05) is 33.0 Å². The number of imidazole rings is 1. The molecule has 0 saturated heterocycles. The fraction of sp³-hybridized carbons (Fsp3) is 0.0667. The number of amides is 1. The lowest BCUT2D eigenvalue weighted by Gasteiger charge is -2.07. The summed E-state index contributed by atoms with van der Waals surface area (Å²) in [5, 5.41) is 4.23. The Morgan fingerprint density at radius 3 is 2.45 bits per heavy atom. The molecule has 3 aromatic rings. The van der Waals surface area contributed by atoms with Gasteiger partial charge < -0.3 is 5.32 Å². The monoisotopic (exact) mass is 353 g/mol. The number of aromatic nitrogens is 2. The molecule has 0 aliphatic carbocycles. The minimum Gasteiger partial charge on any atom is -0.321 e. The maximum atomic E-state index is 12.5. The fourth-order valence-corrected chi connectivity index (χ4v) is 2.91. The normalized spacial score (nSPS) is 10.9. The average Bonchev–Trinajstić information content (AvgIpc) is 2.72. The van der Waals surface area contributed by atoms with Crippen LogP contribution < -0.4 is 5.32 Å². The summed E-state index contributed by atoms with van der Waals surface area (Å²) in [6.07, 6.45) is 1.71. The second kappa shape index (κ2) is 5.80. The number of rotatable bonds is 2. The molecule has 0 saturated carbocycles. The van der Waals surface area contributed by atoms with Crippen molar-refractivity contribution >= 4 is 52.0 Å². The average molecular weight is 355 g/mol. The van der Waals surface area contributed by atoms with Crippen LogP contribution in [0.5, 0.6) is 0 Å². The largest absolute Gasteiger partial charge is 0.321 e. The highest BCUT2D eigenvalue weighted by atomic mass is 35.5. The van der Waals surface area contributed by atoms with Gasteiger partial charge in [-0.1, -0.05) is 34.8 Å². The van der Waals surface area contributed by atoms with Crippen LogP contribution >= 0.6 is 34.8 Å². The van der Waals surface area contributed by atoms with Crippen LogP contribution in [0.1, 0.15) is 16.2 Å². The molecule has 0 unspecified atom stereocenters. The van der Waals surface area contributed by atoms with Crippen molar-refractivity contribution in [1.29, 1.82) is 0 Å². The number of nitrogens with zero attached hydrogens (tertiary/aromatic N) is 2. The zero-order valence-electron chi connectivity index (χ0n) is 11.4. The summed E-state index contributed by atoms with van der Waals surface area (Å²) in [5.41, 5.74) is 2.17. The molecule has 1 aromatic carbocycles. The Kier molecular flexibility index (Phi) is 4.00. The summed E-state index contributed by atoms with van der Waals surface area (Å²) < 4.78 is 1.68. The third-order valence-corrected chi connectivity index (χ3v) is 3.77. The minimum absolute atomic E-state index is 0.300. The predicted octanol–water partition coefficient (Wildman–Crippen LogP) is 4.86. The highest BCUT2D eigenvalue weighted by Gasteiger charge is 2.17. The van der Waals surface area contributed by atoms with E-state index >= 15 is 0 Å². The topological polar surface area (TPSA) is 46.4 Å². The van der Waals surface area contributed by atoms with E-state index in [-0.39, 0.29) is 5.91 Å². The van der Waals surface area contributed by atoms with E-state index in [4.69, 9.17) is 34.8 Å². The highest BCUT2D eigenvalue weighted by molar-refractivity contribution is 6.35. The summed E-state index contributed by atoms with van der Waals surface area (Å²) in [4.78, 5) is 16.9. The van der Waals surface area contributed by atoms with Gasteiger partial charge in [-0.3, -0.25) is 9.20 Å². The molecule has 0 aliphatic heterocycles. The molecule has 1 amide bonds. The van der Waals surface area contributed by atoms with Crippen molar-refractivity contribution < 1.29 is 4.79 Å². The Labute approximate surface area is 141 Å². The number of fused-ring (bicyclic) bond motifs is 1. The van der Waals surface area contributed by atoms with Gasteiger partial charge in [0.05, 0.1) is 5.69 Å². The van der Waals surface area contributed by atoms with E-state index in [0.29, 0.717) is 37.8 Å². The maximum Gasteiger partial charge on any atom is 0.274 e. The standard InChI is InChI=1S/C15H10Cl3N3O/c1-8-14(21-3-2-9(16)7-13(21)19-8)15(22)20-12-5-10(17)4-11(18)6-12/h2-7H,1H3,(H,20,22). The highest BCUT2D eigenvalue weighted by Crippen LogP contribution is 2.24. The van der Waals surface area contributed by atoms with Crippen molar-refractivity contribution in [2.45, 2.75) is 6.92 Å². The van der Waals surface area contributed by atoms with Gasteiger partial charge in [0.15, 0.2) is 0 Å². The van der Waals surface area contributed by atoms with Crippen LogP contribution in [-0.4, -0.2) is 15.3 Å². The predicted molar refractivity (Wildman–Crippen MR) is 89.4 cm³/mol. The van der Waals surface area contributed by atoms with Gasteiger partial charge in [-0.15, -0.1) is 0 Å². The van der Waals surface area contributed by atoms with Crippen LogP contribution in [0, 0.1) is 6.92 Å². The van der Waals surface area contributed by atoms with Crippen LogP contribution in [0.25, 0.3) is 5.65 Å².